The molecule has 1 amide bonds. The van der Waals surface area contributed by atoms with Gasteiger partial charge in [0.1, 0.15) is 9.84 Å². The lowest BCUT2D eigenvalue weighted by molar-refractivity contribution is -0.127. The van der Waals surface area contributed by atoms with Gasteiger partial charge in [0.05, 0.1) is 11.2 Å². The lowest BCUT2D eigenvalue weighted by atomic mass is 9.68. The van der Waals surface area contributed by atoms with E-state index in [9.17, 15) is 13.2 Å². The highest BCUT2D eigenvalue weighted by Crippen LogP contribution is 2.40. The summed E-state index contributed by atoms with van der Waals surface area (Å²) in [6, 6.07) is 8.13. The standard InChI is InChI=1S/C17H25NO3S/c1-14-7-6-8-15(13-14)17(9-4-3-5-10-17)16(19)18-11-12-22(2,20)21/h6-8,13H,3-5,9-12H2,1-2H3,(H,18,19). The maximum Gasteiger partial charge on any atom is 0.230 e. The van der Waals surface area contributed by atoms with Crippen LogP contribution in [0.25, 0.3) is 0 Å². The number of nitrogens with one attached hydrogen (secondary N) is 1. The van der Waals surface area contributed by atoms with Gasteiger partial charge in [-0.1, -0.05) is 49.1 Å². The molecule has 1 aromatic carbocycles. The molecule has 22 heavy (non-hydrogen) atoms. The summed E-state index contributed by atoms with van der Waals surface area (Å²) in [4.78, 5) is 12.8. The fraction of sp³-hybridized carbons (Fsp3) is 0.588. The minimum Gasteiger partial charge on any atom is -0.354 e. The molecule has 0 radical (unpaired) electrons. The van der Waals surface area contributed by atoms with Crippen LogP contribution in [0.15, 0.2) is 24.3 Å². The number of sulfone groups is 1. The van der Waals surface area contributed by atoms with Crippen LogP contribution in [0.4, 0.5) is 0 Å². The fourth-order valence-electron chi connectivity index (χ4n) is 3.26. The van der Waals surface area contributed by atoms with Crippen molar-refractivity contribution in [3.63, 3.8) is 0 Å². The molecule has 1 aliphatic rings. The molecule has 1 aromatic rings. The highest BCUT2D eigenvalue weighted by molar-refractivity contribution is 7.90. The summed E-state index contributed by atoms with van der Waals surface area (Å²) in [5, 5.41) is 2.85. The Labute approximate surface area is 133 Å². The SMILES string of the molecule is Cc1cccc(C2(C(=O)NCCS(C)(=O)=O)CCCCC2)c1. The van der Waals surface area contributed by atoms with Gasteiger partial charge >= 0.3 is 0 Å². The zero-order valence-corrected chi connectivity index (χ0v) is 14.2. The quantitative estimate of drug-likeness (QED) is 0.905. The largest absolute Gasteiger partial charge is 0.354 e. The Hall–Kier alpha value is -1.36. The third-order valence-electron chi connectivity index (χ3n) is 4.47. The van der Waals surface area contributed by atoms with Crippen LogP contribution in [0, 0.1) is 6.92 Å². The minimum atomic E-state index is -3.06. The Morgan fingerprint density at radius 1 is 1.23 bits per heavy atom. The lowest BCUT2D eigenvalue weighted by Gasteiger charge is -2.36. The monoisotopic (exact) mass is 323 g/mol. The summed E-state index contributed by atoms with van der Waals surface area (Å²) in [6.07, 6.45) is 6.09. The molecule has 0 aliphatic heterocycles. The third kappa shape index (κ3) is 4.09. The Balaban J connectivity index is 2.20. The second-order valence-electron chi connectivity index (χ2n) is 6.40. The van der Waals surface area contributed by atoms with E-state index in [-0.39, 0.29) is 18.2 Å². The van der Waals surface area contributed by atoms with Crippen LogP contribution in [0.3, 0.4) is 0 Å². The number of rotatable bonds is 5. The van der Waals surface area contributed by atoms with Crippen molar-refractivity contribution in [3.05, 3.63) is 35.4 Å². The highest BCUT2D eigenvalue weighted by atomic mass is 32.2. The van der Waals surface area contributed by atoms with Crippen LogP contribution in [-0.2, 0) is 20.0 Å². The van der Waals surface area contributed by atoms with Crippen molar-refractivity contribution < 1.29 is 13.2 Å². The van der Waals surface area contributed by atoms with E-state index >= 15 is 0 Å². The van der Waals surface area contributed by atoms with E-state index in [1.165, 1.54) is 6.26 Å². The summed E-state index contributed by atoms with van der Waals surface area (Å²) in [6.45, 7) is 2.22. The summed E-state index contributed by atoms with van der Waals surface area (Å²) in [5.74, 6) is -0.0377. The van der Waals surface area contributed by atoms with Crippen molar-refractivity contribution in [2.24, 2.45) is 0 Å². The predicted molar refractivity (Wildman–Crippen MR) is 88.7 cm³/mol. The van der Waals surface area contributed by atoms with Crippen molar-refractivity contribution in [3.8, 4) is 0 Å². The molecule has 122 valence electrons. The molecule has 0 spiro atoms. The van der Waals surface area contributed by atoms with E-state index in [1.54, 1.807) is 0 Å². The first kappa shape index (κ1) is 17.0. The summed E-state index contributed by atoms with van der Waals surface area (Å²) >= 11 is 0. The molecule has 1 fully saturated rings. The molecule has 0 heterocycles. The number of carbonyl (C=O) groups is 1. The fourth-order valence-corrected chi connectivity index (χ4v) is 3.74. The van der Waals surface area contributed by atoms with E-state index in [0.717, 1.165) is 43.2 Å². The smallest absolute Gasteiger partial charge is 0.230 e. The zero-order valence-electron chi connectivity index (χ0n) is 13.4. The first-order chi connectivity index (χ1) is 10.3. The van der Waals surface area contributed by atoms with Gasteiger partial charge < -0.3 is 5.32 Å². The topological polar surface area (TPSA) is 63.2 Å². The van der Waals surface area contributed by atoms with Gasteiger partial charge in [-0.25, -0.2) is 8.42 Å². The van der Waals surface area contributed by atoms with E-state index in [4.69, 9.17) is 0 Å². The van der Waals surface area contributed by atoms with Crippen molar-refractivity contribution in [2.75, 3.05) is 18.6 Å². The van der Waals surface area contributed by atoms with Crippen molar-refractivity contribution in [1.29, 1.82) is 0 Å². The maximum atomic E-state index is 12.8. The normalized spacial score (nSPS) is 17.9. The molecule has 0 saturated heterocycles. The molecule has 0 bridgehead atoms. The molecule has 1 saturated carbocycles. The van der Waals surface area contributed by atoms with Crippen molar-refractivity contribution in [2.45, 2.75) is 44.4 Å². The number of carbonyl (C=O) groups excluding carboxylic acids is 1. The number of amides is 1. The van der Waals surface area contributed by atoms with E-state index in [1.807, 2.05) is 25.1 Å². The molecular weight excluding hydrogens is 298 g/mol. The second-order valence-corrected chi connectivity index (χ2v) is 8.66. The van der Waals surface area contributed by atoms with Gasteiger partial charge in [0, 0.05) is 12.8 Å². The van der Waals surface area contributed by atoms with Gasteiger partial charge in [-0.15, -0.1) is 0 Å². The van der Waals surface area contributed by atoms with Crippen LogP contribution in [0.2, 0.25) is 0 Å². The average Bonchev–Trinajstić information content (AvgIpc) is 2.46. The van der Waals surface area contributed by atoms with E-state index in [2.05, 4.69) is 11.4 Å². The number of hydrogen-bond donors (Lipinski definition) is 1. The zero-order chi connectivity index (χ0) is 16.2. The minimum absolute atomic E-state index is 0.0113. The Kier molecular flexibility index (Phi) is 5.27. The molecule has 1 aliphatic carbocycles. The van der Waals surface area contributed by atoms with Gasteiger partial charge in [0.15, 0.2) is 0 Å². The van der Waals surface area contributed by atoms with E-state index in [0.29, 0.717) is 0 Å². The maximum absolute atomic E-state index is 12.8. The lowest BCUT2D eigenvalue weighted by Crippen LogP contribution is -2.47. The first-order valence-electron chi connectivity index (χ1n) is 7.87. The second kappa shape index (κ2) is 6.82. The number of hydrogen-bond acceptors (Lipinski definition) is 3. The van der Waals surface area contributed by atoms with Crippen LogP contribution in [-0.4, -0.2) is 32.9 Å². The molecule has 0 unspecified atom stereocenters. The predicted octanol–water partition coefficient (Wildman–Crippen LogP) is 2.36. The molecule has 1 N–H and O–H groups in total. The number of aryl methyl sites for hydroxylation is 1. The van der Waals surface area contributed by atoms with Gasteiger partial charge in [0.2, 0.25) is 5.91 Å². The summed E-state index contributed by atoms with van der Waals surface area (Å²) in [5.41, 5.74) is 1.71. The first-order valence-corrected chi connectivity index (χ1v) is 9.93. The van der Waals surface area contributed by atoms with Gasteiger partial charge in [-0.3, -0.25) is 4.79 Å². The van der Waals surface area contributed by atoms with Crippen LogP contribution in [0.5, 0.6) is 0 Å². The molecule has 5 heteroatoms. The van der Waals surface area contributed by atoms with Crippen LogP contribution < -0.4 is 5.32 Å². The van der Waals surface area contributed by atoms with Crippen LogP contribution >= 0.6 is 0 Å². The van der Waals surface area contributed by atoms with Crippen molar-refractivity contribution in [1.82, 2.24) is 5.32 Å². The molecule has 4 nitrogen and oxygen atoms in total. The van der Waals surface area contributed by atoms with Gasteiger partial charge in [-0.05, 0) is 25.3 Å². The Morgan fingerprint density at radius 3 is 2.50 bits per heavy atom. The molecule has 0 atom stereocenters. The van der Waals surface area contributed by atoms with Crippen molar-refractivity contribution >= 4 is 15.7 Å². The highest BCUT2D eigenvalue weighted by Gasteiger charge is 2.40. The van der Waals surface area contributed by atoms with Gasteiger partial charge in [-0.2, -0.15) is 0 Å². The third-order valence-corrected chi connectivity index (χ3v) is 5.42. The van der Waals surface area contributed by atoms with E-state index < -0.39 is 15.3 Å². The van der Waals surface area contributed by atoms with Crippen LogP contribution in [0.1, 0.15) is 43.2 Å². The molecular formula is C17H25NO3S. The van der Waals surface area contributed by atoms with Gasteiger partial charge in [0.25, 0.3) is 0 Å². The molecule has 0 aromatic heterocycles. The molecule has 2 rings (SSSR count). The Morgan fingerprint density at radius 2 is 1.91 bits per heavy atom. The average molecular weight is 323 g/mol. The summed E-state index contributed by atoms with van der Waals surface area (Å²) < 4.78 is 22.5. The number of benzene rings is 1. The summed E-state index contributed by atoms with van der Waals surface area (Å²) in [7, 11) is -3.06. The Bertz CT molecular complexity index is 631.